The number of ether oxygens (including phenoxy) is 2. The van der Waals surface area contributed by atoms with Crippen LogP contribution in [0, 0.1) is 11.8 Å². The highest BCUT2D eigenvalue weighted by Crippen LogP contribution is 2.11. The maximum Gasteiger partial charge on any atom is 0.331 e. The first kappa shape index (κ1) is 18.0. The third-order valence-electron chi connectivity index (χ3n) is 3.15. The van der Waals surface area contributed by atoms with Gasteiger partial charge in [0, 0.05) is 6.08 Å². The van der Waals surface area contributed by atoms with Crippen molar-refractivity contribution in [3.05, 3.63) is 42.0 Å². The van der Waals surface area contributed by atoms with Gasteiger partial charge in [-0.3, -0.25) is 4.79 Å². The third-order valence-corrected chi connectivity index (χ3v) is 3.15. The molecule has 4 heteroatoms. The Morgan fingerprint density at radius 3 is 2.32 bits per heavy atom. The summed E-state index contributed by atoms with van der Waals surface area (Å²) >= 11 is 0. The molecule has 4 nitrogen and oxygen atoms in total. The van der Waals surface area contributed by atoms with Crippen molar-refractivity contribution in [3.63, 3.8) is 0 Å². The maximum absolute atomic E-state index is 11.8. The summed E-state index contributed by atoms with van der Waals surface area (Å²) in [5, 5.41) is 0. The number of esters is 2. The summed E-state index contributed by atoms with van der Waals surface area (Å²) in [7, 11) is 0. The van der Waals surface area contributed by atoms with Crippen LogP contribution in [0.2, 0.25) is 0 Å². The second-order valence-corrected chi connectivity index (χ2v) is 5.70. The van der Waals surface area contributed by atoms with E-state index in [0.29, 0.717) is 6.61 Å². The Morgan fingerprint density at radius 2 is 1.73 bits per heavy atom. The van der Waals surface area contributed by atoms with Gasteiger partial charge >= 0.3 is 11.9 Å². The van der Waals surface area contributed by atoms with Crippen molar-refractivity contribution in [2.45, 2.75) is 33.8 Å². The van der Waals surface area contributed by atoms with Gasteiger partial charge in [-0.2, -0.15) is 0 Å². The zero-order valence-electron chi connectivity index (χ0n) is 13.6. The lowest BCUT2D eigenvalue weighted by atomic mass is 10.1. The number of rotatable bonds is 7. The van der Waals surface area contributed by atoms with Crippen LogP contribution in [-0.2, 0) is 19.1 Å². The molecule has 120 valence electrons. The molecule has 0 heterocycles. The van der Waals surface area contributed by atoms with Gasteiger partial charge in [0.05, 0.1) is 12.5 Å². The van der Waals surface area contributed by atoms with Crippen LogP contribution >= 0.6 is 0 Å². The van der Waals surface area contributed by atoms with E-state index in [1.165, 1.54) is 6.08 Å². The average molecular weight is 304 g/mol. The van der Waals surface area contributed by atoms with Gasteiger partial charge < -0.3 is 9.47 Å². The predicted octanol–water partition coefficient (Wildman–Crippen LogP) is 3.47. The van der Waals surface area contributed by atoms with Crippen LogP contribution < -0.4 is 0 Å². The predicted molar refractivity (Wildman–Crippen MR) is 86.0 cm³/mol. The molecule has 0 aromatic heterocycles. The van der Waals surface area contributed by atoms with Crippen molar-refractivity contribution in [2.75, 3.05) is 6.61 Å². The first-order valence-electron chi connectivity index (χ1n) is 7.50. The highest BCUT2D eigenvalue weighted by Gasteiger charge is 2.24. The molecule has 22 heavy (non-hydrogen) atoms. The normalized spacial score (nSPS) is 13.9. The van der Waals surface area contributed by atoms with E-state index in [4.69, 9.17) is 9.47 Å². The van der Waals surface area contributed by atoms with Crippen LogP contribution in [0.1, 0.15) is 33.3 Å². The van der Waals surface area contributed by atoms with Gasteiger partial charge in [0.15, 0.2) is 0 Å². The van der Waals surface area contributed by atoms with E-state index in [0.717, 1.165) is 5.56 Å². The molecule has 1 aromatic rings. The van der Waals surface area contributed by atoms with Crippen molar-refractivity contribution in [2.24, 2.45) is 11.8 Å². The van der Waals surface area contributed by atoms with Gasteiger partial charge in [-0.1, -0.05) is 44.2 Å². The molecule has 1 rings (SSSR count). The average Bonchev–Trinajstić information content (AvgIpc) is 2.50. The molecule has 0 radical (unpaired) electrons. The number of hydrogen-bond donors (Lipinski definition) is 0. The fraction of sp³-hybridized carbons (Fsp3) is 0.444. The third kappa shape index (κ3) is 6.57. The van der Waals surface area contributed by atoms with Gasteiger partial charge in [-0.25, -0.2) is 4.79 Å². The quantitative estimate of drug-likeness (QED) is 0.572. The lowest BCUT2D eigenvalue weighted by Gasteiger charge is -2.19. The molecule has 0 aliphatic carbocycles. The Balaban J connectivity index is 2.46. The number of benzene rings is 1. The molecule has 0 saturated heterocycles. The number of carbonyl (C=O) groups is 2. The first-order valence-corrected chi connectivity index (χ1v) is 7.50. The molecule has 0 spiro atoms. The van der Waals surface area contributed by atoms with E-state index in [9.17, 15) is 9.59 Å². The fourth-order valence-corrected chi connectivity index (χ4v) is 1.62. The van der Waals surface area contributed by atoms with E-state index in [2.05, 4.69) is 0 Å². The summed E-state index contributed by atoms with van der Waals surface area (Å²) in [5.41, 5.74) is 0.913. The number of carbonyl (C=O) groups excluding carboxylic acids is 2. The summed E-state index contributed by atoms with van der Waals surface area (Å²) in [6.45, 7) is 7.69. The second-order valence-electron chi connectivity index (χ2n) is 5.70. The molecule has 0 N–H and O–H groups in total. The largest absolute Gasteiger partial charge is 0.465 e. The first-order chi connectivity index (χ1) is 10.4. The molecule has 2 unspecified atom stereocenters. The fourth-order valence-electron chi connectivity index (χ4n) is 1.62. The highest BCUT2D eigenvalue weighted by atomic mass is 16.6. The topological polar surface area (TPSA) is 52.6 Å². The molecule has 1 aromatic carbocycles. The molecule has 0 bridgehead atoms. The molecule has 0 amide bonds. The Kier molecular flexibility index (Phi) is 7.37. The van der Waals surface area contributed by atoms with Crippen molar-refractivity contribution in [3.8, 4) is 0 Å². The molecule has 0 aliphatic heterocycles. The zero-order valence-corrected chi connectivity index (χ0v) is 13.6. The smallest absolute Gasteiger partial charge is 0.331 e. The lowest BCUT2D eigenvalue weighted by molar-refractivity contribution is -0.158. The standard InChI is InChI=1S/C18H24O4/c1-13(2)12-21-18(20)14(3)15(4)22-17(19)11-10-16-8-6-5-7-9-16/h5-11,13-15H,12H2,1-4H3. The minimum absolute atomic E-state index is 0.280. The van der Waals surface area contributed by atoms with Crippen LogP contribution in [0.25, 0.3) is 6.08 Å². The van der Waals surface area contributed by atoms with Crippen molar-refractivity contribution in [1.82, 2.24) is 0 Å². The van der Waals surface area contributed by atoms with Crippen LogP contribution in [0.15, 0.2) is 36.4 Å². The summed E-state index contributed by atoms with van der Waals surface area (Å²) in [6.07, 6.45) is 2.50. The van der Waals surface area contributed by atoms with Gasteiger partial charge in [0.25, 0.3) is 0 Å². The maximum atomic E-state index is 11.8. The summed E-state index contributed by atoms with van der Waals surface area (Å²) in [5.74, 6) is -1.03. The second kappa shape index (κ2) is 9.03. The van der Waals surface area contributed by atoms with Crippen LogP contribution in [0.4, 0.5) is 0 Å². The van der Waals surface area contributed by atoms with E-state index >= 15 is 0 Å². The molecule has 0 saturated carbocycles. The van der Waals surface area contributed by atoms with Crippen LogP contribution in [0.3, 0.4) is 0 Å². The summed E-state index contributed by atoms with van der Waals surface area (Å²) in [6, 6.07) is 9.46. The van der Waals surface area contributed by atoms with Crippen LogP contribution in [-0.4, -0.2) is 24.6 Å². The van der Waals surface area contributed by atoms with Gasteiger partial charge in [0.1, 0.15) is 6.10 Å². The van der Waals surface area contributed by atoms with E-state index in [-0.39, 0.29) is 11.9 Å². The SMILES string of the molecule is CC(C)COC(=O)C(C)C(C)OC(=O)C=Cc1ccccc1. The Labute approximate surface area is 132 Å². The summed E-state index contributed by atoms with van der Waals surface area (Å²) < 4.78 is 10.4. The van der Waals surface area contributed by atoms with Gasteiger partial charge in [-0.15, -0.1) is 0 Å². The molecule has 0 aliphatic rings. The van der Waals surface area contributed by atoms with Gasteiger partial charge in [0.2, 0.25) is 0 Å². The molecule has 2 atom stereocenters. The van der Waals surface area contributed by atoms with Gasteiger partial charge in [-0.05, 0) is 31.4 Å². The van der Waals surface area contributed by atoms with Crippen molar-refractivity contribution in [1.29, 1.82) is 0 Å². The molecular formula is C18H24O4. The zero-order chi connectivity index (χ0) is 16.5. The van der Waals surface area contributed by atoms with E-state index in [1.54, 1.807) is 19.9 Å². The lowest BCUT2D eigenvalue weighted by Crippen LogP contribution is -2.29. The monoisotopic (exact) mass is 304 g/mol. The minimum Gasteiger partial charge on any atom is -0.465 e. The van der Waals surface area contributed by atoms with Crippen LogP contribution in [0.5, 0.6) is 0 Å². The number of hydrogen-bond acceptors (Lipinski definition) is 4. The Morgan fingerprint density at radius 1 is 1.09 bits per heavy atom. The van der Waals surface area contributed by atoms with E-state index < -0.39 is 18.0 Å². The Bertz CT molecular complexity index is 505. The van der Waals surface area contributed by atoms with E-state index in [1.807, 2.05) is 44.2 Å². The van der Waals surface area contributed by atoms with Crippen molar-refractivity contribution >= 4 is 18.0 Å². The highest BCUT2D eigenvalue weighted by molar-refractivity contribution is 5.87. The minimum atomic E-state index is -0.535. The van der Waals surface area contributed by atoms with Crippen molar-refractivity contribution < 1.29 is 19.1 Å². The Hall–Kier alpha value is -2.10. The summed E-state index contributed by atoms with van der Waals surface area (Å²) in [4.78, 5) is 23.6. The molecular weight excluding hydrogens is 280 g/mol. The molecule has 0 fully saturated rings.